The Hall–Kier alpha value is -2.61. The molecule has 4 nitrogen and oxygen atoms in total. The van der Waals surface area contributed by atoms with Crippen LogP contribution in [0.1, 0.15) is 31.9 Å². The lowest BCUT2D eigenvalue weighted by Gasteiger charge is -2.26. The minimum absolute atomic E-state index is 0.0497. The summed E-state index contributed by atoms with van der Waals surface area (Å²) in [6.07, 6.45) is -4.66. The van der Waals surface area contributed by atoms with Crippen LogP contribution in [0.25, 0.3) is 21.9 Å². The summed E-state index contributed by atoms with van der Waals surface area (Å²) in [4.78, 5) is 11.4. The first-order chi connectivity index (χ1) is 13.1. The van der Waals surface area contributed by atoms with E-state index >= 15 is 0 Å². The Morgan fingerprint density at radius 1 is 1.11 bits per heavy atom. The quantitative estimate of drug-likeness (QED) is 0.546. The van der Waals surface area contributed by atoms with Gasteiger partial charge in [-0.3, -0.25) is 10.1 Å². The number of benzene rings is 2. The van der Waals surface area contributed by atoms with Crippen molar-refractivity contribution in [3.8, 4) is 0 Å². The van der Waals surface area contributed by atoms with Crippen molar-refractivity contribution in [2.45, 2.75) is 38.5 Å². The van der Waals surface area contributed by atoms with Gasteiger partial charge in [0.15, 0.2) is 0 Å². The van der Waals surface area contributed by atoms with Crippen molar-refractivity contribution in [2.24, 2.45) is 5.92 Å². The second-order valence-corrected chi connectivity index (χ2v) is 7.16. The third-order valence-electron chi connectivity index (χ3n) is 4.49. The number of rotatable bonds is 6. The maximum Gasteiger partial charge on any atom is 0.407 e. The molecule has 0 aliphatic rings. The molecule has 2 N–H and O–H groups in total. The normalized spacial score (nSPS) is 14.7. The Balaban J connectivity index is 2.03. The summed E-state index contributed by atoms with van der Waals surface area (Å²) < 4.78 is 60.1. The molecule has 0 aliphatic carbocycles. The Kier molecular flexibility index (Phi) is 5.34. The third kappa shape index (κ3) is 4.11. The van der Waals surface area contributed by atoms with Crippen LogP contribution in [0.3, 0.4) is 0 Å². The van der Waals surface area contributed by atoms with E-state index in [0.29, 0.717) is 16.4 Å². The van der Waals surface area contributed by atoms with E-state index < -0.39 is 30.0 Å². The molecule has 3 aromatic rings. The summed E-state index contributed by atoms with van der Waals surface area (Å²) >= 11 is 0. The van der Waals surface area contributed by atoms with E-state index in [4.69, 9.17) is 4.42 Å². The first-order valence-electron chi connectivity index (χ1n) is 8.73. The first-order valence-corrected chi connectivity index (χ1v) is 8.73. The zero-order chi connectivity index (χ0) is 20.6. The standard InChI is InChI=1S/C20H19F4NO3/c1-10(2)7-15(19(26)27)25-18(20(22,23)24)11-3-5-13-14-9-12(21)4-6-16(14)28-17(13)8-11/h3-6,8-10,15,18,25H,7H2,1-2H3,(H,26,27)/t15-,18?/m0/s1. The minimum atomic E-state index is -4.71. The fourth-order valence-corrected chi connectivity index (χ4v) is 3.24. The number of carboxylic acids is 1. The molecule has 1 aromatic heterocycles. The first kappa shape index (κ1) is 20.1. The molecular formula is C20H19F4NO3. The van der Waals surface area contributed by atoms with Crippen molar-refractivity contribution < 1.29 is 31.9 Å². The van der Waals surface area contributed by atoms with Crippen LogP contribution >= 0.6 is 0 Å². The molecule has 2 aromatic carbocycles. The Labute approximate surface area is 158 Å². The number of halogens is 4. The number of alkyl halides is 3. The third-order valence-corrected chi connectivity index (χ3v) is 4.49. The van der Waals surface area contributed by atoms with Gasteiger partial charge in [-0.1, -0.05) is 26.0 Å². The second kappa shape index (κ2) is 7.43. The Morgan fingerprint density at radius 3 is 2.43 bits per heavy atom. The smallest absolute Gasteiger partial charge is 0.407 e. The number of carboxylic acid groups (broad SMARTS) is 1. The van der Waals surface area contributed by atoms with Gasteiger partial charge in [0.25, 0.3) is 0 Å². The topological polar surface area (TPSA) is 62.5 Å². The van der Waals surface area contributed by atoms with Gasteiger partial charge in [-0.15, -0.1) is 0 Å². The van der Waals surface area contributed by atoms with Crippen molar-refractivity contribution >= 4 is 27.9 Å². The highest BCUT2D eigenvalue weighted by Crippen LogP contribution is 2.37. The number of furan rings is 1. The van der Waals surface area contributed by atoms with Gasteiger partial charge in [-0.05, 0) is 42.2 Å². The molecule has 150 valence electrons. The summed E-state index contributed by atoms with van der Waals surface area (Å²) in [5.74, 6) is -1.93. The van der Waals surface area contributed by atoms with Crippen LogP contribution in [0, 0.1) is 11.7 Å². The van der Waals surface area contributed by atoms with Crippen LogP contribution < -0.4 is 5.32 Å². The largest absolute Gasteiger partial charge is 0.480 e. The van der Waals surface area contributed by atoms with Crippen LogP contribution in [-0.2, 0) is 4.79 Å². The molecule has 3 rings (SSSR count). The predicted molar refractivity (Wildman–Crippen MR) is 96.5 cm³/mol. The summed E-state index contributed by atoms with van der Waals surface area (Å²) in [6.45, 7) is 3.47. The van der Waals surface area contributed by atoms with Gasteiger partial charge in [0.2, 0.25) is 0 Å². The molecule has 2 atom stereocenters. The van der Waals surface area contributed by atoms with Crippen molar-refractivity contribution in [3.05, 3.63) is 47.8 Å². The van der Waals surface area contributed by atoms with Gasteiger partial charge in [0.05, 0.1) is 0 Å². The number of hydrogen-bond acceptors (Lipinski definition) is 3. The van der Waals surface area contributed by atoms with Crippen LogP contribution in [0.5, 0.6) is 0 Å². The van der Waals surface area contributed by atoms with E-state index in [1.807, 2.05) is 0 Å². The van der Waals surface area contributed by atoms with E-state index in [2.05, 4.69) is 5.32 Å². The van der Waals surface area contributed by atoms with E-state index in [9.17, 15) is 27.5 Å². The maximum atomic E-state index is 13.7. The molecule has 0 saturated carbocycles. The minimum Gasteiger partial charge on any atom is -0.480 e. The van der Waals surface area contributed by atoms with Gasteiger partial charge in [-0.2, -0.15) is 13.2 Å². The summed E-state index contributed by atoms with van der Waals surface area (Å²) in [5.41, 5.74) is 0.354. The van der Waals surface area contributed by atoms with Crippen LogP contribution in [0.2, 0.25) is 0 Å². The molecule has 28 heavy (non-hydrogen) atoms. The van der Waals surface area contributed by atoms with E-state index in [1.54, 1.807) is 13.8 Å². The van der Waals surface area contributed by atoms with Gasteiger partial charge in [0.1, 0.15) is 29.1 Å². The summed E-state index contributed by atoms with van der Waals surface area (Å²) in [5, 5.41) is 12.5. The van der Waals surface area contributed by atoms with E-state index in [0.717, 1.165) is 0 Å². The number of fused-ring (bicyclic) bond motifs is 3. The van der Waals surface area contributed by atoms with Gasteiger partial charge in [0, 0.05) is 10.8 Å². The van der Waals surface area contributed by atoms with Crippen molar-refractivity contribution in [2.75, 3.05) is 0 Å². The molecule has 1 unspecified atom stereocenters. The molecular weight excluding hydrogens is 378 g/mol. The lowest BCUT2D eigenvalue weighted by Crippen LogP contribution is -2.45. The zero-order valence-corrected chi connectivity index (χ0v) is 15.2. The molecule has 0 bridgehead atoms. The van der Waals surface area contributed by atoms with Crippen LogP contribution in [0.15, 0.2) is 40.8 Å². The van der Waals surface area contributed by atoms with Crippen molar-refractivity contribution in [3.63, 3.8) is 0 Å². The number of hydrogen-bond donors (Lipinski definition) is 2. The highest BCUT2D eigenvalue weighted by atomic mass is 19.4. The second-order valence-electron chi connectivity index (χ2n) is 7.16. The number of aliphatic carboxylic acids is 1. The molecule has 0 saturated heterocycles. The summed E-state index contributed by atoms with van der Waals surface area (Å²) in [6, 6.07) is 4.22. The van der Waals surface area contributed by atoms with Gasteiger partial charge in [-0.25, -0.2) is 4.39 Å². The molecule has 8 heteroatoms. The van der Waals surface area contributed by atoms with Crippen LogP contribution in [-0.4, -0.2) is 23.3 Å². The van der Waals surface area contributed by atoms with E-state index in [1.165, 1.54) is 36.4 Å². The van der Waals surface area contributed by atoms with Crippen molar-refractivity contribution in [1.29, 1.82) is 0 Å². The average molecular weight is 397 g/mol. The SMILES string of the molecule is CC(C)C[C@H](NC(c1ccc2c(c1)oc1ccc(F)cc12)C(F)(F)F)C(=O)O. The maximum absolute atomic E-state index is 13.7. The molecule has 0 radical (unpaired) electrons. The Bertz CT molecular complexity index is 1010. The fraction of sp³-hybridized carbons (Fsp3) is 0.350. The lowest BCUT2D eigenvalue weighted by atomic mass is 9.99. The monoisotopic (exact) mass is 397 g/mol. The van der Waals surface area contributed by atoms with E-state index in [-0.39, 0.29) is 23.5 Å². The summed E-state index contributed by atoms with van der Waals surface area (Å²) in [7, 11) is 0. The average Bonchev–Trinajstić information content (AvgIpc) is 2.93. The van der Waals surface area contributed by atoms with Crippen LogP contribution in [0.4, 0.5) is 17.6 Å². The molecule has 1 heterocycles. The van der Waals surface area contributed by atoms with Gasteiger partial charge < -0.3 is 9.52 Å². The Morgan fingerprint density at radius 2 is 1.82 bits per heavy atom. The number of carbonyl (C=O) groups is 1. The molecule has 0 spiro atoms. The predicted octanol–water partition coefficient (Wildman–Crippen LogP) is 5.42. The zero-order valence-electron chi connectivity index (χ0n) is 15.2. The molecule has 0 aliphatic heterocycles. The fourth-order valence-electron chi connectivity index (χ4n) is 3.24. The highest BCUT2D eigenvalue weighted by molar-refractivity contribution is 6.05. The highest BCUT2D eigenvalue weighted by Gasteiger charge is 2.43. The lowest BCUT2D eigenvalue weighted by molar-refractivity contribution is -0.163. The van der Waals surface area contributed by atoms with Crippen molar-refractivity contribution in [1.82, 2.24) is 5.32 Å². The molecule has 0 fully saturated rings. The molecule has 0 amide bonds. The van der Waals surface area contributed by atoms with Gasteiger partial charge >= 0.3 is 12.1 Å². The number of nitrogens with one attached hydrogen (secondary N) is 1.